The van der Waals surface area contributed by atoms with Gasteiger partial charge in [-0.05, 0) is 31.5 Å². The van der Waals surface area contributed by atoms with E-state index in [1.54, 1.807) is 10.6 Å². The molecule has 1 aliphatic heterocycles. The topological polar surface area (TPSA) is 68.6 Å². The first kappa shape index (κ1) is 15.0. The zero-order chi connectivity index (χ0) is 13.2. The van der Waals surface area contributed by atoms with Gasteiger partial charge < -0.3 is 5.73 Å². The summed E-state index contributed by atoms with van der Waals surface area (Å²) < 4.78 is 3.11. The summed E-state index contributed by atoms with van der Waals surface area (Å²) in [6.45, 7) is 3.43. The van der Waals surface area contributed by atoms with Gasteiger partial charge in [-0.15, -0.1) is 17.5 Å². The summed E-state index contributed by atoms with van der Waals surface area (Å²) in [5.41, 5.74) is 6.58. The molecule has 6 nitrogen and oxygen atoms in total. The molecule has 2 N–H and O–H groups in total. The van der Waals surface area contributed by atoms with Crippen LogP contribution in [-0.4, -0.2) is 44.8 Å². The fourth-order valence-electron chi connectivity index (χ4n) is 2.64. The summed E-state index contributed by atoms with van der Waals surface area (Å²) in [5.74, 6) is 0. The van der Waals surface area contributed by atoms with Gasteiger partial charge in [0.25, 0.3) is 0 Å². The number of nitrogens with zero attached hydrogens (tertiary/aromatic N) is 4. The minimum Gasteiger partial charge on any atom is -0.327 e. The van der Waals surface area contributed by atoms with Crippen molar-refractivity contribution in [3.05, 3.63) is 34.9 Å². The van der Waals surface area contributed by atoms with E-state index in [0.29, 0.717) is 12.2 Å². The van der Waals surface area contributed by atoms with Crippen LogP contribution < -0.4 is 11.4 Å². The first-order valence-electron chi connectivity index (χ1n) is 6.76. The van der Waals surface area contributed by atoms with Crippen LogP contribution >= 0.6 is 12.4 Å². The third kappa shape index (κ3) is 3.03. The minimum absolute atomic E-state index is 0. The van der Waals surface area contributed by atoms with Crippen LogP contribution in [0.15, 0.2) is 29.2 Å². The Morgan fingerprint density at radius 2 is 2.20 bits per heavy atom. The third-order valence-electron chi connectivity index (χ3n) is 3.66. The molecular weight excluding hydrogens is 278 g/mol. The molecule has 1 aliphatic rings. The molecule has 1 atom stereocenters. The van der Waals surface area contributed by atoms with Gasteiger partial charge in [-0.3, -0.25) is 9.30 Å². The van der Waals surface area contributed by atoms with Crippen molar-refractivity contribution in [2.75, 3.05) is 19.6 Å². The van der Waals surface area contributed by atoms with E-state index < -0.39 is 0 Å². The normalized spacial score (nSPS) is 19.9. The van der Waals surface area contributed by atoms with E-state index in [1.165, 1.54) is 4.68 Å². The van der Waals surface area contributed by atoms with E-state index in [-0.39, 0.29) is 24.1 Å². The molecule has 1 saturated heterocycles. The predicted octanol–water partition coefficient (Wildman–Crippen LogP) is 0.341. The number of pyridine rings is 1. The molecule has 7 heteroatoms. The van der Waals surface area contributed by atoms with Gasteiger partial charge in [0.05, 0.1) is 6.54 Å². The second kappa shape index (κ2) is 6.39. The first-order valence-corrected chi connectivity index (χ1v) is 6.76. The fourth-order valence-corrected chi connectivity index (χ4v) is 2.64. The largest absolute Gasteiger partial charge is 0.350 e. The van der Waals surface area contributed by atoms with Crippen molar-refractivity contribution in [1.29, 1.82) is 0 Å². The highest BCUT2D eigenvalue weighted by Gasteiger charge is 2.16. The van der Waals surface area contributed by atoms with Crippen LogP contribution in [0.1, 0.15) is 12.8 Å². The Kier molecular flexibility index (Phi) is 4.80. The van der Waals surface area contributed by atoms with Crippen molar-refractivity contribution in [3.63, 3.8) is 0 Å². The predicted molar refractivity (Wildman–Crippen MR) is 80.3 cm³/mol. The quantitative estimate of drug-likeness (QED) is 0.887. The Hall–Kier alpha value is -1.37. The number of aromatic nitrogens is 3. The Morgan fingerprint density at radius 1 is 1.35 bits per heavy atom. The Balaban J connectivity index is 0.00000147. The molecule has 0 amide bonds. The third-order valence-corrected chi connectivity index (χ3v) is 3.66. The average molecular weight is 298 g/mol. The molecule has 110 valence electrons. The lowest BCUT2D eigenvalue weighted by atomic mass is 10.1. The Labute approximate surface area is 123 Å². The summed E-state index contributed by atoms with van der Waals surface area (Å²) in [4.78, 5) is 14.4. The van der Waals surface area contributed by atoms with Gasteiger partial charge in [0.15, 0.2) is 5.65 Å². The monoisotopic (exact) mass is 297 g/mol. The van der Waals surface area contributed by atoms with Gasteiger partial charge in [-0.2, -0.15) is 0 Å². The highest BCUT2D eigenvalue weighted by molar-refractivity contribution is 5.85. The summed E-state index contributed by atoms with van der Waals surface area (Å²) >= 11 is 0. The number of rotatable bonds is 3. The van der Waals surface area contributed by atoms with Gasteiger partial charge in [0.1, 0.15) is 0 Å². The maximum absolute atomic E-state index is 12.1. The van der Waals surface area contributed by atoms with Gasteiger partial charge in [-0.25, -0.2) is 9.48 Å². The van der Waals surface area contributed by atoms with Gasteiger partial charge >= 0.3 is 5.69 Å². The fraction of sp³-hybridized carbons (Fsp3) is 0.538. The van der Waals surface area contributed by atoms with Crippen molar-refractivity contribution >= 4 is 18.1 Å². The molecule has 3 heterocycles. The molecule has 0 spiro atoms. The molecule has 3 rings (SSSR count). The molecule has 2 aromatic heterocycles. The number of piperidine rings is 1. The van der Waals surface area contributed by atoms with E-state index >= 15 is 0 Å². The first-order chi connectivity index (χ1) is 9.24. The molecule has 0 radical (unpaired) electrons. The van der Waals surface area contributed by atoms with Gasteiger partial charge in [0, 0.05) is 25.3 Å². The minimum atomic E-state index is -0.0723. The summed E-state index contributed by atoms with van der Waals surface area (Å²) in [5, 5.41) is 4.32. The van der Waals surface area contributed by atoms with Crippen molar-refractivity contribution in [2.45, 2.75) is 25.4 Å². The molecule has 2 aromatic rings. The van der Waals surface area contributed by atoms with Crippen LogP contribution in [0.2, 0.25) is 0 Å². The van der Waals surface area contributed by atoms with Crippen LogP contribution in [0, 0.1) is 0 Å². The summed E-state index contributed by atoms with van der Waals surface area (Å²) in [7, 11) is 0. The summed E-state index contributed by atoms with van der Waals surface area (Å²) in [6, 6.07) is 5.83. The number of nitrogens with two attached hydrogens (primary N) is 1. The van der Waals surface area contributed by atoms with Crippen molar-refractivity contribution < 1.29 is 0 Å². The molecule has 20 heavy (non-hydrogen) atoms. The van der Waals surface area contributed by atoms with Crippen LogP contribution in [0.5, 0.6) is 0 Å². The molecule has 0 aromatic carbocycles. The molecule has 0 bridgehead atoms. The van der Waals surface area contributed by atoms with E-state index in [2.05, 4.69) is 10.00 Å². The van der Waals surface area contributed by atoms with Gasteiger partial charge in [-0.1, -0.05) is 6.07 Å². The standard InChI is InChI=1S/C13H19N5O.ClH/c14-11-4-3-6-16(10-11)8-9-18-13(19)17-7-2-1-5-12(17)15-18;/h1-2,5,7,11H,3-4,6,8-10,14H2;1H/t11-;/m1./s1. The maximum Gasteiger partial charge on any atom is 0.350 e. The lowest BCUT2D eigenvalue weighted by Crippen LogP contribution is -2.44. The SMILES string of the molecule is Cl.N[C@@H]1CCCN(CCn2nc3ccccn3c2=O)C1. The Morgan fingerprint density at radius 3 is 2.95 bits per heavy atom. The average Bonchev–Trinajstić information content (AvgIpc) is 2.74. The highest BCUT2D eigenvalue weighted by Crippen LogP contribution is 2.07. The van der Waals surface area contributed by atoms with Crippen LogP contribution in [0.3, 0.4) is 0 Å². The molecular formula is C13H20ClN5O. The zero-order valence-electron chi connectivity index (χ0n) is 11.3. The number of likely N-dealkylation sites (tertiary alicyclic amines) is 1. The smallest absolute Gasteiger partial charge is 0.327 e. The molecule has 0 saturated carbocycles. The van der Waals surface area contributed by atoms with Crippen molar-refractivity contribution in [3.8, 4) is 0 Å². The van der Waals surface area contributed by atoms with Gasteiger partial charge in [0.2, 0.25) is 0 Å². The van der Waals surface area contributed by atoms with E-state index in [0.717, 1.165) is 32.5 Å². The van der Waals surface area contributed by atoms with E-state index in [9.17, 15) is 4.79 Å². The van der Waals surface area contributed by atoms with Crippen LogP contribution in [0.4, 0.5) is 0 Å². The van der Waals surface area contributed by atoms with Crippen molar-refractivity contribution in [2.24, 2.45) is 5.73 Å². The molecule has 1 fully saturated rings. The molecule has 0 unspecified atom stereocenters. The summed E-state index contributed by atoms with van der Waals surface area (Å²) in [6.07, 6.45) is 3.99. The van der Waals surface area contributed by atoms with Crippen molar-refractivity contribution in [1.82, 2.24) is 19.1 Å². The number of fused-ring (bicyclic) bond motifs is 1. The lowest BCUT2D eigenvalue weighted by Gasteiger charge is -2.30. The maximum atomic E-state index is 12.1. The second-order valence-corrected chi connectivity index (χ2v) is 5.14. The Bertz CT molecular complexity index is 622. The van der Waals surface area contributed by atoms with Crippen LogP contribution in [-0.2, 0) is 6.54 Å². The lowest BCUT2D eigenvalue weighted by molar-refractivity contribution is 0.199. The van der Waals surface area contributed by atoms with Crippen LogP contribution in [0.25, 0.3) is 5.65 Å². The second-order valence-electron chi connectivity index (χ2n) is 5.14. The highest BCUT2D eigenvalue weighted by atomic mass is 35.5. The number of halogens is 1. The molecule has 0 aliphatic carbocycles. The number of hydrogen-bond donors (Lipinski definition) is 1. The number of hydrogen-bond acceptors (Lipinski definition) is 4. The van der Waals surface area contributed by atoms with E-state index in [1.807, 2.05) is 18.2 Å². The van der Waals surface area contributed by atoms with E-state index in [4.69, 9.17) is 5.73 Å². The zero-order valence-corrected chi connectivity index (χ0v) is 12.1.